The zero-order valence-electron chi connectivity index (χ0n) is 28.5. The van der Waals surface area contributed by atoms with Gasteiger partial charge in [0.1, 0.15) is 0 Å². The molecule has 7 heteroatoms. The summed E-state index contributed by atoms with van der Waals surface area (Å²) in [5, 5.41) is 21.2. The Kier molecular flexibility index (Phi) is 46.4. The van der Waals surface area contributed by atoms with Crippen LogP contribution in [-0.4, -0.2) is 71.6 Å². The van der Waals surface area contributed by atoms with Crippen molar-refractivity contribution in [1.82, 2.24) is 0 Å². The molecule has 0 fully saturated rings. The van der Waals surface area contributed by atoms with Crippen molar-refractivity contribution < 1.29 is 19.8 Å². The van der Waals surface area contributed by atoms with Crippen LogP contribution in [0.2, 0.25) is 0 Å². The second-order valence-electron chi connectivity index (χ2n) is 12.4. The van der Waals surface area contributed by atoms with E-state index in [-0.39, 0.29) is 61.7 Å². The van der Waals surface area contributed by atoms with Crippen LogP contribution in [0.4, 0.5) is 0 Å². The Hall–Kier alpha value is 1.09. The van der Waals surface area contributed by atoms with Gasteiger partial charge in [0.25, 0.3) is 0 Å². The molecule has 0 saturated heterocycles. The van der Waals surface area contributed by atoms with Crippen LogP contribution in [-0.2, 0) is 9.59 Å². The van der Waals surface area contributed by atoms with Crippen molar-refractivity contribution in [2.24, 2.45) is 0 Å². The molecule has 43 heavy (non-hydrogen) atoms. The Labute approximate surface area is 318 Å². The molecule has 0 aliphatic rings. The number of carboxylic acids is 2. The molecule has 0 N–H and O–H groups in total. The zero-order chi connectivity index (χ0) is 31.5. The summed E-state index contributed by atoms with van der Waals surface area (Å²) < 4.78 is 0. The number of hydrogen-bond donors (Lipinski definition) is 0. The van der Waals surface area contributed by atoms with E-state index in [2.05, 4.69) is 13.8 Å². The summed E-state index contributed by atoms with van der Waals surface area (Å²) >= 11 is 12.7. The van der Waals surface area contributed by atoms with E-state index in [0.717, 1.165) is 64.2 Å². The average molecular weight is 773 g/mol. The van der Waals surface area contributed by atoms with Gasteiger partial charge in [0.05, 0.1) is 0 Å². The van der Waals surface area contributed by atoms with Crippen LogP contribution < -0.4 is 10.2 Å². The molecule has 0 aliphatic carbocycles. The van der Waals surface area contributed by atoms with E-state index in [4.69, 9.17) is 23.2 Å². The van der Waals surface area contributed by atoms with Crippen LogP contribution >= 0.6 is 23.2 Å². The predicted octanol–water partition coefficient (Wildman–Crippen LogP) is 10.0. The first-order chi connectivity index (χ1) is 20.3. The zero-order valence-corrected chi connectivity index (χ0v) is 34.4. The molecule has 0 heterocycles. The van der Waals surface area contributed by atoms with Crippen molar-refractivity contribution in [3.05, 3.63) is 0 Å². The Morgan fingerprint density at radius 3 is 0.860 bits per heavy atom. The Morgan fingerprint density at radius 2 is 0.628 bits per heavy atom. The van der Waals surface area contributed by atoms with Crippen LogP contribution in [0.1, 0.15) is 206 Å². The van der Waals surface area contributed by atoms with Gasteiger partial charge in [-0.15, -0.1) is 23.2 Å². The second-order valence-corrected chi connectivity index (χ2v) is 13.6. The maximum Gasteiger partial charge on any atom is 2.00 e. The minimum absolute atomic E-state index is 0. The van der Waals surface area contributed by atoms with Gasteiger partial charge in [-0.2, -0.15) is 0 Å². The molecule has 0 saturated carbocycles. The van der Waals surface area contributed by atoms with Crippen molar-refractivity contribution in [3.63, 3.8) is 0 Å². The number of carbonyl (C=O) groups excluding carboxylic acids is 2. The first-order valence-electron chi connectivity index (χ1n) is 18.0. The maximum atomic E-state index is 10.2. The van der Waals surface area contributed by atoms with E-state index in [1.54, 1.807) is 0 Å². The molecule has 0 spiro atoms. The largest absolute Gasteiger partial charge is 2.00 e. The van der Waals surface area contributed by atoms with Crippen LogP contribution in [0.15, 0.2) is 0 Å². The third-order valence-corrected chi connectivity index (χ3v) is 8.91. The molecule has 0 aromatic carbocycles. The molecule has 0 radical (unpaired) electrons. The van der Waals surface area contributed by atoms with Crippen molar-refractivity contribution in [2.45, 2.75) is 217 Å². The van der Waals surface area contributed by atoms with Gasteiger partial charge in [0.15, 0.2) is 0 Å². The van der Waals surface area contributed by atoms with Gasteiger partial charge in [-0.1, -0.05) is 155 Å². The third-order valence-electron chi connectivity index (χ3n) is 8.04. The van der Waals surface area contributed by atoms with Crippen LogP contribution in [0.25, 0.3) is 0 Å². The molecule has 0 aromatic heterocycles. The van der Waals surface area contributed by atoms with E-state index < -0.39 is 11.9 Å². The number of hydrogen-bond acceptors (Lipinski definition) is 4. The SMILES string of the molecule is CCCCCCCCCC(Cl)CCCCCCCC(=O)[O-].CCCCCCCCCC(Cl)CCCCCCCC(=O)[O-].[Ba+2]. The van der Waals surface area contributed by atoms with Crippen molar-refractivity contribution >= 4 is 84.0 Å². The van der Waals surface area contributed by atoms with E-state index in [0.29, 0.717) is 10.8 Å². The summed E-state index contributed by atoms with van der Waals surface area (Å²) in [5.74, 6) is -1.85. The number of rotatable bonds is 32. The molecule has 0 aliphatic heterocycles. The predicted molar refractivity (Wildman–Crippen MR) is 185 cm³/mol. The van der Waals surface area contributed by atoms with Gasteiger partial charge in [0, 0.05) is 22.7 Å². The van der Waals surface area contributed by atoms with Gasteiger partial charge in [-0.25, -0.2) is 0 Å². The molecular formula is C36H68BaCl2O4. The van der Waals surface area contributed by atoms with E-state index in [1.165, 1.54) is 116 Å². The summed E-state index contributed by atoms with van der Waals surface area (Å²) in [7, 11) is 0. The van der Waals surface area contributed by atoms with Crippen LogP contribution in [0.5, 0.6) is 0 Å². The number of unbranched alkanes of at least 4 members (excludes halogenated alkanes) is 20. The summed E-state index contributed by atoms with van der Waals surface area (Å²) in [4.78, 5) is 20.5. The number of carboxylic acid groups (broad SMARTS) is 2. The normalized spacial score (nSPS) is 12.2. The molecule has 0 amide bonds. The monoisotopic (exact) mass is 772 g/mol. The van der Waals surface area contributed by atoms with E-state index in [1.807, 2.05) is 0 Å². The number of halogens is 2. The Bertz CT molecular complexity index is 517. The number of aliphatic carboxylic acids is 2. The third kappa shape index (κ3) is 47.6. The Morgan fingerprint density at radius 1 is 0.419 bits per heavy atom. The summed E-state index contributed by atoms with van der Waals surface area (Å²) in [6.07, 6.45) is 34.2. The topological polar surface area (TPSA) is 80.3 Å². The van der Waals surface area contributed by atoms with E-state index in [9.17, 15) is 19.8 Å². The molecule has 252 valence electrons. The number of alkyl halides is 2. The molecule has 0 aromatic rings. The molecule has 0 rings (SSSR count). The Balaban J connectivity index is -0.000000727. The molecule has 4 nitrogen and oxygen atoms in total. The maximum absolute atomic E-state index is 10.2. The van der Waals surface area contributed by atoms with Gasteiger partial charge in [-0.3, -0.25) is 0 Å². The summed E-state index contributed by atoms with van der Waals surface area (Å²) in [6, 6.07) is 0. The second kappa shape index (κ2) is 41.1. The smallest absolute Gasteiger partial charge is 0.550 e. The average Bonchev–Trinajstić information content (AvgIpc) is 2.95. The molecular weight excluding hydrogens is 705 g/mol. The fraction of sp³-hybridized carbons (Fsp3) is 0.944. The van der Waals surface area contributed by atoms with E-state index >= 15 is 0 Å². The fourth-order valence-electron chi connectivity index (χ4n) is 5.27. The van der Waals surface area contributed by atoms with Gasteiger partial charge >= 0.3 is 48.9 Å². The minimum Gasteiger partial charge on any atom is -0.550 e. The van der Waals surface area contributed by atoms with Gasteiger partial charge in [0.2, 0.25) is 0 Å². The first kappa shape index (κ1) is 48.5. The van der Waals surface area contributed by atoms with Crippen molar-refractivity contribution in [3.8, 4) is 0 Å². The van der Waals surface area contributed by atoms with Crippen molar-refractivity contribution in [1.29, 1.82) is 0 Å². The summed E-state index contributed by atoms with van der Waals surface area (Å²) in [6.45, 7) is 4.50. The standard InChI is InChI=1S/2C18H35ClO2.Ba/c2*1-2-3-4-5-6-8-11-14-17(19)15-12-9-7-10-13-16-18(20)21;/h2*17H,2-16H2,1H3,(H,20,21);/q;;+2/p-2. The molecule has 2 atom stereocenters. The molecule has 2 unspecified atom stereocenters. The summed E-state index contributed by atoms with van der Waals surface area (Å²) in [5.41, 5.74) is 0. The van der Waals surface area contributed by atoms with Crippen LogP contribution in [0.3, 0.4) is 0 Å². The van der Waals surface area contributed by atoms with Gasteiger partial charge < -0.3 is 19.8 Å². The first-order valence-corrected chi connectivity index (χ1v) is 18.9. The van der Waals surface area contributed by atoms with Crippen molar-refractivity contribution in [2.75, 3.05) is 0 Å². The number of carbonyl (C=O) groups is 2. The minimum atomic E-state index is -0.925. The van der Waals surface area contributed by atoms with Crippen LogP contribution in [0, 0.1) is 0 Å². The van der Waals surface area contributed by atoms with Gasteiger partial charge in [-0.05, 0) is 51.4 Å². The fourth-order valence-corrected chi connectivity index (χ4v) is 5.88. The molecule has 0 bridgehead atoms. The quantitative estimate of drug-likeness (QED) is 0.0388.